The molecule has 2 unspecified atom stereocenters. The molecule has 12 heavy (non-hydrogen) atoms. The Balaban J connectivity index is 2.03. The van der Waals surface area contributed by atoms with E-state index in [1.807, 2.05) is 0 Å². The average Bonchev–Trinajstić information content (AvgIpc) is 2.53. The molecule has 2 atom stereocenters. The van der Waals surface area contributed by atoms with E-state index in [-0.39, 0.29) is 0 Å². The Bertz CT molecular complexity index is 112. The quantitative estimate of drug-likeness (QED) is 0.624. The summed E-state index contributed by atoms with van der Waals surface area (Å²) in [5.41, 5.74) is 0. The van der Waals surface area contributed by atoms with Crippen molar-refractivity contribution in [1.82, 2.24) is 5.32 Å². The van der Waals surface area contributed by atoms with Crippen LogP contribution in [-0.4, -0.2) is 12.1 Å². The Morgan fingerprint density at radius 2 is 1.83 bits per heavy atom. The normalized spacial score (nSPS) is 29.5. The molecule has 72 valence electrons. The number of rotatable bonds is 5. The minimum atomic E-state index is 0.830. The minimum absolute atomic E-state index is 0.830. The van der Waals surface area contributed by atoms with Crippen LogP contribution in [0, 0.1) is 0 Å². The second-order valence-electron chi connectivity index (χ2n) is 4.04. The third-order valence-corrected chi connectivity index (χ3v) is 2.98. The molecule has 0 aromatic rings. The van der Waals surface area contributed by atoms with Gasteiger partial charge < -0.3 is 5.32 Å². The van der Waals surface area contributed by atoms with Crippen LogP contribution in [0.2, 0.25) is 0 Å². The van der Waals surface area contributed by atoms with E-state index in [4.69, 9.17) is 0 Å². The van der Waals surface area contributed by atoms with Crippen LogP contribution in [0.4, 0.5) is 0 Å². The van der Waals surface area contributed by atoms with Crippen molar-refractivity contribution in [3.63, 3.8) is 0 Å². The first-order valence-corrected chi connectivity index (χ1v) is 5.62. The molecule has 1 fully saturated rings. The summed E-state index contributed by atoms with van der Waals surface area (Å²) in [5, 5.41) is 3.70. The van der Waals surface area contributed by atoms with E-state index < -0.39 is 0 Å². The number of hydrogen-bond donors (Lipinski definition) is 1. The molecule has 0 bridgehead atoms. The van der Waals surface area contributed by atoms with E-state index in [1.165, 1.54) is 44.9 Å². The molecule has 1 nitrogen and oxygen atoms in total. The van der Waals surface area contributed by atoms with Crippen LogP contribution >= 0.6 is 0 Å². The molecule has 1 heterocycles. The summed E-state index contributed by atoms with van der Waals surface area (Å²) in [4.78, 5) is 0. The zero-order valence-electron chi connectivity index (χ0n) is 8.60. The van der Waals surface area contributed by atoms with Gasteiger partial charge in [0.05, 0.1) is 0 Å². The number of nitrogens with one attached hydrogen (secondary N) is 1. The first kappa shape index (κ1) is 10.0. The van der Waals surface area contributed by atoms with Crippen molar-refractivity contribution in [1.29, 1.82) is 0 Å². The van der Waals surface area contributed by atoms with Gasteiger partial charge in [0, 0.05) is 12.1 Å². The van der Waals surface area contributed by atoms with Crippen molar-refractivity contribution in [2.75, 3.05) is 0 Å². The molecule has 1 heteroatoms. The van der Waals surface area contributed by atoms with E-state index in [9.17, 15) is 0 Å². The molecular weight excluding hydrogens is 146 g/mol. The molecule has 0 aromatic heterocycles. The smallest absolute Gasteiger partial charge is 0.00702 e. The summed E-state index contributed by atoms with van der Waals surface area (Å²) in [5.74, 6) is 0. The van der Waals surface area contributed by atoms with Crippen LogP contribution in [0.25, 0.3) is 0 Å². The molecule has 1 rings (SSSR count). The van der Waals surface area contributed by atoms with Gasteiger partial charge in [-0.15, -0.1) is 0 Å². The second kappa shape index (κ2) is 5.58. The predicted octanol–water partition coefficient (Wildman–Crippen LogP) is 3.10. The zero-order valence-corrected chi connectivity index (χ0v) is 8.60. The molecule has 0 aliphatic carbocycles. The van der Waals surface area contributed by atoms with Crippen molar-refractivity contribution < 1.29 is 0 Å². The van der Waals surface area contributed by atoms with Gasteiger partial charge >= 0.3 is 0 Å². The van der Waals surface area contributed by atoms with Gasteiger partial charge in [-0.3, -0.25) is 0 Å². The third-order valence-electron chi connectivity index (χ3n) is 2.98. The van der Waals surface area contributed by atoms with Gasteiger partial charge in [-0.25, -0.2) is 0 Å². The molecule has 0 saturated carbocycles. The third kappa shape index (κ3) is 3.14. The molecule has 0 aromatic carbocycles. The monoisotopic (exact) mass is 169 g/mol. The van der Waals surface area contributed by atoms with Gasteiger partial charge in [0.15, 0.2) is 0 Å². The lowest BCUT2D eigenvalue weighted by molar-refractivity contribution is 0.482. The van der Waals surface area contributed by atoms with Crippen LogP contribution < -0.4 is 5.32 Å². The van der Waals surface area contributed by atoms with Crippen LogP contribution in [0.1, 0.15) is 58.8 Å². The highest BCUT2D eigenvalue weighted by Crippen LogP contribution is 2.18. The number of hydrogen-bond acceptors (Lipinski definition) is 1. The standard InChI is InChI=1S/C11H23N/c1-3-5-6-7-11-9-8-10(4-2)12-11/h10-12H,3-9H2,1-2H3. The van der Waals surface area contributed by atoms with Crippen molar-refractivity contribution in [2.45, 2.75) is 70.9 Å². The maximum Gasteiger partial charge on any atom is 0.00702 e. The molecule has 0 radical (unpaired) electrons. The molecular formula is C11H23N. The largest absolute Gasteiger partial charge is 0.311 e. The van der Waals surface area contributed by atoms with E-state index >= 15 is 0 Å². The predicted molar refractivity (Wildman–Crippen MR) is 54.4 cm³/mol. The van der Waals surface area contributed by atoms with E-state index in [2.05, 4.69) is 19.2 Å². The van der Waals surface area contributed by atoms with Crippen LogP contribution in [0.15, 0.2) is 0 Å². The molecule has 1 N–H and O–H groups in total. The fourth-order valence-electron chi connectivity index (χ4n) is 2.09. The summed E-state index contributed by atoms with van der Waals surface area (Å²) in [7, 11) is 0. The molecule has 1 aliphatic heterocycles. The van der Waals surface area contributed by atoms with Crippen molar-refractivity contribution in [2.24, 2.45) is 0 Å². The highest BCUT2D eigenvalue weighted by atomic mass is 15.0. The second-order valence-corrected chi connectivity index (χ2v) is 4.04. The van der Waals surface area contributed by atoms with Crippen LogP contribution in [0.5, 0.6) is 0 Å². The lowest BCUT2D eigenvalue weighted by Gasteiger charge is -2.12. The van der Waals surface area contributed by atoms with E-state index in [1.54, 1.807) is 0 Å². The van der Waals surface area contributed by atoms with Crippen molar-refractivity contribution in [3.05, 3.63) is 0 Å². The first-order valence-electron chi connectivity index (χ1n) is 5.62. The summed E-state index contributed by atoms with van der Waals surface area (Å²) >= 11 is 0. The minimum Gasteiger partial charge on any atom is -0.311 e. The zero-order chi connectivity index (χ0) is 8.81. The summed E-state index contributed by atoms with van der Waals surface area (Å²) in [6.07, 6.45) is 9.73. The van der Waals surface area contributed by atoms with Crippen LogP contribution in [0.3, 0.4) is 0 Å². The summed E-state index contributed by atoms with van der Waals surface area (Å²) in [6.45, 7) is 4.56. The Morgan fingerprint density at radius 1 is 1.08 bits per heavy atom. The Labute approximate surface area is 76.9 Å². The maximum atomic E-state index is 3.70. The number of unbranched alkanes of at least 4 members (excludes halogenated alkanes) is 2. The Hall–Kier alpha value is -0.0400. The maximum absolute atomic E-state index is 3.70. The highest BCUT2D eigenvalue weighted by molar-refractivity contribution is 4.82. The van der Waals surface area contributed by atoms with Gasteiger partial charge in [-0.05, 0) is 25.7 Å². The van der Waals surface area contributed by atoms with Gasteiger partial charge in [-0.1, -0.05) is 33.1 Å². The molecule has 1 saturated heterocycles. The fraction of sp³-hybridized carbons (Fsp3) is 1.00. The summed E-state index contributed by atoms with van der Waals surface area (Å²) in [6, 6.07) is 1.68. The molecule has 0 spiro atoms. The fourth-order valence-corrected chi connectivity index (χ4v) is 2.09. The SMILES string of the molecule is CCCCCC1CCC(CC)N1. The van der Waals surface area contributed by atoms with Gasteiger partial charge in [0.2, 0.25) is 0 Å². The van der Waals surface area contributed by atoms with Crippen molar-refractivity contribution >= 4 is 0 Å². The van der Waals surface area contributed by atoms with E-state index in [0.717, 1.165) is 12.1 Å². The lowest BCUT2D eigenvalue weighted by atomic mass is 10.1. The Kier molecular flexibility index (Phi) is 4.67. The first-order chi connectivity index (χ1) is 5.86. The van der Waals surface area contributed by atoms with Gasteiger partial charge in [0.25, 0.3) is 0 Å². The van der Waals surface area contributed by atoms with Gasteiger partial charge in [-0.2, -0.15) is 0 Å². The lowest BCUT2D eigenvalue weighted by Crippen LogP contribution is -2.28. The topological polar surface area (TPSA) is 12.0 Å². The van der Waals surface area contributed by atoms with Gasteiger partial charge in [0.1, 0.15) is 0 Å². The van der Waals surface area contributed by atoms with E-state index in [0.29, 0.717) is 0 Å². The molecule has 1 aliphatic rings. The molecule has 0 amide bonds. The Morgan fingerprint density at radius 3 is 2.42 bits per heavy atom. The highest BCUT2D eigenvalue weighted by Gasteiger charge is 2.20. The summed E-state index contributed by atoms with van der Waals surface area (Å²) < 4.78 is 0. The van der Waals surface area contributed by atoms with Crippen LogP contribution in [-0.2, 0) is 0 Å². The average molecular weight is 169 g/mol. The van der Waals surface area contributed by atoms with Crippen molar-refractivity contribution in [3.8, 4) is 0 Å².